The number of esters is 1. The highest BCUT2D eigenvalue weighted by Gasteiger charge is 2.36. The number of carbonyl (C=O) groups excluding carboxylic acids is 3. The van der Waals surface area contributed by atoms with Crippen molar-refractivity contribution < 1.29 is 23.5 Å². The maximum atomic E-state index is 12.7. The van der Waals surface area contributed by atoms with Crippen LogP contribution in [0.5, 0.6) is 0 Å². The van der Waals surface area contributed by atoms with Crippen molar-refractivity contribution in [1.82, 2.24) is 9.47 Å². The van der Waals surface area contributed by atoms with Crippen molar-refractivity contribution in [3.05, 3.63) is 51.6 Å². The molecule has 1 saturated heterocycles. The third-order valence-electron chi connectivity index (χ3n) is 4.45. The monoisotopic (exact) mass is 388 g/mol. The van der Waals surface area contributed by atoms with Gasteiger partial charge in [0.25, 0.3) is 11.1 Å². The lowest BCUT2D eigenvalue weighted by Gasteiger charge is -2.09. The van der Waals surface area contributed by atoms with Gasteiger partial charge in [-0.2, -0.15) is 0 Å². The molecular formula is C19H20N2O5S. The molecule has 2 aromatic heterocycles. The molecule has 1 aliphatic heterocycles. The molecule has 1 aliphatic rings. The SMILES string of the molecule is CCn1c(C)cc(C=C2SC(=O)N(Cc3ccc(C(=O)OC)o3)C2=O)c1C. The molecule has 0 unspecified atom stereocenters. The van der Waals surface area contributed by atoms with Crippen LogP contribution in [0.15, 0.2) is 27.5 Å². The summed E-state index contributed by atoms with van der Waals surface area (Å²) in [5.74, 6) is -0.617. The Morgan fingerprint density at radius 2 is 2.04 bits per heavy atom. The Bertz CT molecular complexity index is 953. The van der Waals surface area contributed by atoms with E-state index in [0.29, 0.717) is 10.7 Å². The fourth-order valence-corrected chi connectivity index (χ4v) is 3.90. The van der Waals surface area contributed by atoms with E-state index in [2.05, 4.69) is 16.2 Å². The van der Waals surface area contributed by atoms with E-state index in [9.17, 15) is 14.4 Å². The molecule has 3 heterocycles. The summed E-state index contributed by atoms with van der Waals surface area (Å²) >= 11 is 0.901. The van der Waals surface area contributed by atoms with Crippen molar-refractivity contribution in [1.29, 1.82) is 0 Å². The van der Waals surface area contributed by atoms with E-state index in [1.165, 1.54) is 13.2 Å². The fourth-order valence-electron chi connectivity index (χ4n) is 3.07. The van der Waals surface area contributed by atoms with Gasteiger partial charge in [0.1, 0.15) is 5.76 Å². The molecule has 8 heteroatoms. The van der Waals surface area contributed by atoms with Crippen molar-refractivity contribution in [2.45, 2.75) is 33.9 Å². The minimum absolute atomic E-state index is 0.0296. The van der Waals surface area contributed by atoms with Crippen molar-refractivity contribution in [2.24, 2.45) is 0 Å². The van der Waals surface area contributed by atoms with E-state index in [1.54, 1.807) is 12.1 Å². The maximum absolute atomic E-state index is 12.7. The summed E-state index contributed by atoms with van der Waals surface area (Å²) in [5.41, 5.74) is 3.08. The molecule has 3 rings (SSSR count). The molecular weight excluding hydrogens is 368 g/mol. The Kier molecular flexibility index (Phi) is 5.27. The average Bonchev–Trinajstić information content (AvgIpc) is 3.29. The van der Waals surface area contributed by atoms with Gasteiger partial charge in [0.2, 0.25) is 5.76 Å². The van der Waals surface area contributed by atoms with Crippen molar-refractivity contribution >= 4 is 35.0 Å². The van der Waals surface area contributed by atoms with Crippen molar-refractivity contribution in [3.8, 4) is 0 Å². The summed E-state index contributed by atoms with van der Waals surface area (Å²) in [4.78, 5) is 37.9. The van der Waals surface area contributed by atoms with E-state index in [-0.39, 0.29) is 23.5 Å². The molecule has 27 heavy (non-hydrogen) atoms. The zero-order valence-corrected chi connectivity index (χ0v) is 16.4. The molecule has 0 spiro atoms. The van der Waals surface area contributed by atoms with Crippen LogP contribution in [-0.4, -0.2) is 33.7 Å². The number of methoxy groups -OCH3 is 1. The first-order valence-corrected chi connectivity index (χ1v) is 9.26. The third kappa shape index (κ3) is 3.57. The van der Waals surface area contributed by atoms with Crippen LogP contribution in [0.1, 0.15) is 40.2 Å². The molecule has 0 saturated carbocycles. The quantitative estimate of drug-likeness (QED) is 0.573. The summed E-state index contributed by atoms with van der Waals surface area (Å²) in [5, 5.41) is -0.369. The Morgan fingerprint density at radius 3 is 2.67 bits per heavy atom. The van der Waals surface area contributed by atoms with E-state index >= 15 is 0 Å². The van der Waals surface area contributed by atoms with Crippen LogP contribution in [0.3, 0.4) is 0 Å². The number of hydrogen-bond donors (Lipinski definition) is 0. The van der Waals surface area contributed by atoms with Gasteiger partial charge in [-0.15, -0.1) is 0 Å². The van der Waals surface area contributed by atoms with Crippen molar-refractivity contribution in [2.75, 3.05) is 7.11 Å². The van der Waals surface area contributed by atoms with Gasteiger partial charge in [-0.3, -0.25) is 14.5 Å². The minimum Gasteiger partial charge on any atom is -0.463 e. The van der Waals surface area contributed by atoms with Crippen LogP contribution >= 0.6 is 11.8 Å². The van der Waals surface area contributed by atoms with Crippen LogP contribution in [-0.2, 0) is 22.6 Å². The topological polar surface area (TPSA) is 81.8 Å². The molecule has 7 nitrogen and oxygen atoms in total. The number of aromatic nitrogens is 1. The lowest BCUT2D eigenvalue weighted by atomic mass is 10.2. The first-order chi connectivity index (χ1) is 12.8. The van der Waals surface area contributed by atoms with E-state index < -0.39 is 5.97 Å². The van der Waals surface area contributed by atoms with Crippen LogP contribution in [0, 0.1) is 13.8 Å². The number of nitrogens with zero attached hydrogens (tertiary/aromatic N) is 2. The zero-order valence-electron chi connectivity index (χ0n) is 15.6. The number of carbonyl (C=O) groups is 3. The molecule has 2 aromatic rings. The van der Waals surface area contributed by atoms with Gasteiger partial charge in [-0.1, -0.05) is 0 Å². The largest absolute Gasteiger partial charge is 0.463 e. The second kappa shape index (κ2) is 7.48. The lowest BCUT2D eigenvalue weighted by Crippen LogP contribution is -2.27. The van der Waals surface area contributed by atoms with Gasteiger partial charge in [-0.05, 0) is 62.4 Å². The highest BCUT2D eigenvalue weighted by atomic mass is 32.2. The number of ether oxygens (including phenoxy) is 1. The Morgan fingerprint density at radius 1 is 1.30 bits per heavy atom. The fraction of sp³-hybridized carbons (Fsp3) is 0.316. The Balaban J connectivity index is 1.81. The number of amides is 2. The second-order valence-corrected chi connectivity index (χ2v) is 7.09. The molecule has 0 bridgehead atoms. The maximum Gasteiger partial charge on any atom is 0.373 e. The van der Waals surface area contributed by atoms with Gasteiger partial charge in [0, 0.05) is 17.9 Å². The highest BCUT2D eigenvalue weighted by molar-refractivity contribution is 8.18. The standard InChI is InChI=1S/C19H20N2O5S/c1-5-20-11(2)8-13(12(20)3)9-16-17(22)21(19(24)27-16)10-14-6-7-15(26-14)18(23)25-4/h6-9H,5,10H2,1-4H3. The summed E-state index contributed by atoms with van der Waals surface area (Å²) in [6.45, 7) is 6.86. The normalized spacial score (nSPS) is 15.9. The number of aryl methyl sites for hydroxylation is 1. The number of furan rings is 1. The molecule has 0 aromatic carbocycles. The zero-order chi connectivity index (χ0) is 19.7. The molecule has 0 aliphatic carbocycles. The number of rotatable bonds is 5. The molecule has 142 valence electrons. The smallest absolute Gasteiger partial charge is 0.373 e. The highest BCUT2D eigenvalue weighted by Crippen LogP contribution is 2.34. The van der Waals surface area contributed by atoms with Gasteiger partial charge < -0.3 is 13.7 Å². The first kappa shape index (κ1) is 19.0. The van der Waals surface area contributed by atoms with E-state index in [1.807, 2.05) is 19.9 Å². The number of hydrogen-bond acceptors (Lipinski definition) is 6. The predicted molar refractivity (Wildman–Crippen MR) is 101 cm³/mol. The van der Waals surface area contributed by atoms with Gasteiger partial charge in [0.15, 0.2) is 0 Å². The van der Waals surface area contributed by atoms with Crippen molar-refractivity contribution in [3.63, 3.8) is 0 Å². The van der Waals surface area contributed by atoms with Gasteiger partial charge in [-0.25, -0.2) is 4.79 Å². The second-order valence-electron chi connectivity index (χ2n) is 6.10. The van der Waals surface area contributed by atoms with Crippen LogP contribution in [0.4, 0.5) is 4.79 Å². The molecule has 2 amide bonds. The summed E-state index contributed by atoms with van der Waals surface area (Å²) in [6.07, 6.45) is 1.75. The first-order valence-electron chi connectivity index (χ1n) is 8.44. The summed E-state index contributed by atoms with van der Waals surface area (Å²) < 4.78 is 12.1. The summed E-state index contributed by atoms with van der Waals surface area (Å²) in [6, 6.07) is 5.01. The predicted octanol–water partition coefficient (Wildman–Crippen LogP) is 3.74. The number of thioether (sulfide) groups is 1. The Hall–Kier alpha value is -2.74. The number of imide groups is 1. The lowest BCUT2D eigenvalue weighted by molar-refractivity contribution is -0.123. The third-order valence-corrected chi connectivity index (χ3v) is 5.36. The van der Waals surface area contributed by atoms with Gasteiger partial charge in [0.05, 0.1) is 18.6 Å². The molecule has 0 atom stereocenters. The molecule has 0 N–H and O–H groups in total. The molecule has 0 radical (unpaired) electrons. The van der Waals surface area contributed by atoms with Crippen LogP contribution in [0.25, 0.3) is 6.08 Å². The van der Waals surface area contributed by atoms with Crippen LogP contribution in [0.2, 0.25) is 0 Å². The van der Waals surface area contributed by atoms with E-state index in [0.717, 1.165) is 40.2 Å². The molecule has 1 fully saturated rings. The van der Waals surface area contributed by atoms with Gasteiger partial charge >= 0.3 is 5.97 Å². The van der Waals surface area contributed by atoms with Crippen LogP contribution < -0.4 is 0 Å². The average molecular weight is 388 g/mol. The summed E-state index contributed by atoms with van der Waals surface area (Å²) in [7, 11) is 1.25. The van der Waals surface area contributed by atoms with E-state index in [4.69, 9.17) is 4.42 Å². The minimum atomic E-state index is -0.610. The Labute approximate surface area is 161 Å².